The molecule has 2 heterocycles. The van der Waals surface area contributed by atoms with Crippen LogP contribution < -0.4 is 10.6 Å². The van der Waals surface area contributed by atoms with Gasteiger partial charge in [0.1, 0.15) is 0 Å². The number of rotatable bonds is 7. The Balaban J connectivity index is 1.92. The average Bonchev–Trinajstić information content (AvgIpc) is 3.10. The molecule has 1 fully saturated rings. The Labute approximate surface area is 162 Å². The van der Waals surface area contributed by atoms with Crippen molar-refractivity contribution in [3.63, 3.8) is 0 Å². The number of hydrogen-bond acceptors (Lipinski definition) is 5. The minimum absolute atomic E-state index is 0.0302. The highest BCUT2D eigenvalue weighted by Crippen LogP contribution is 2.30. The molecule has 1 aliphatic rings. The predicted molar refractivity (Wildman–Crippen MR) is 101 cm³/mol. The fourth-order valence-corrected chi connectivity index (χ4v) is 3.71. The topological polar surface area (TPSA) is 61.8 Å². The summed E-state index contributed by atoms with van der Waals surface area (Å²) in [6.45, 7) is 5.23. The molecule has 1 saturated heterocycles. The standard InChI is InChI=1S/C17H28F3N5OS/c1-4-21-15(23-12-16(25(2)3)6-9-26-10-7-16)22-8-5-14-24-13(11-27-14)17(18,19)20/h11H,4-10,12H2,1-3H3,(H2,21,22,23). The van der Waals surface area contributed by atoms with Crippen LogP contribution in [-0.4, -0.2) is 68.3 Å². The van der Waals surface area contributed by atoms with E-state index in [1.54, 1.807) is 0 Å². The molecule has 1 aromatic heterocycles. The quantitative estimate of drug-likeness (QED) is 0.537. The number of nitrogens with zero attached hydrogens (tertiary/aromatic N) is 3. The fourth-order valence-electron chi connectivity index (χ4n) is 2.91. The molecule has 0 atom stereocenters. The molecule has 0 aromatic carbocycles. The number of likely N-dealkylation sites (N-methyl/N-ethyl adjacent to an activating group) is 1. The maximum absolute atomic E-state index is 12.6. The van der Waals surface area contributed by atoms with Crippen LogP contribution >= 0.6 is 11.3 Å². The van der Waals surface area contributed by atoms with Gasteiger partial charge in [-0.2, -0.15) is 13.2 Å². The number of thiazole rings is 1. The van der Waals surface area contributed by atoms with Crippen LogP contribution in [-0.2, 0) is 17.3 Å². The highest BCUT2D eigenvalue weighted by molar-refractivity contribution is 7.09. The van der Waals surface area contributed by atoms with Crippen molar-refractivity contribution in [3.05, 3.63) is 16.1 Å². The third-order valence-corrected chi connectivity index (χ3v) is 5.63. The van der Waals surface area contributed by atoms with Gasteiger partial charge in [0.2, 0.25) is 0 Å². The summed E-state index contributed by atoms with van der Waals surface area (Å²) in [5.41, 5.74) is -0.854. The van der Waals surface area contributed by atoms with Gasteiger partial charge < -0.3 is 20.3 Å². The number of alkyl halides is 3. The molecule has 0 saturated carbocycles. The van der Waals surface area contributed by atoms with E-state index in [1.165, 1.54) is 0 Å². The van der Waals surface area contributed by atoms with Gasteiger partial charge in [0.05, 0.1) is 11.6 Å². The van der Waals surface area contributed by atoms with Crippen molar-refractivity contribution >= 4 is 17.3 Å². The molecule has 0 aliphatic carbocycles. The second kappa shape index (κ2) is 9.70. The van der Waals surface area contributed by atoms with E-state index in [-0.39, 0.29) is 5.54 Å². The molecule has 10 heteroatoms. The molecule has 0 radical (unpaired) electrons. The van der Waals surface area contributed by atoms with Crippen molar-refractivity contribution in [2.75, 3.05) is 46.9 Å². The number of hydrogen-bond donors (Lipinski definition) is 2. The molecule has 154 valence electrons. The molecule has 2 N–H and O–H groups in total. The Kier molecular flexibility index (Phi) is 7.87. The Morgan fingerprint density at radius 2 is 2.04 bits per heavy atom. The lowest BCUT2D eigenvalue weighted by atomic mass is 9.89. The minimum Gasteiger partial charge on any atom is -0.381 e. The number of aliphatic imine (C=N–C) groups is 1. The summed E-state index contributed by atoms with van der Waals surface area (Å²) in [5, 5.41) is 7.89. The average molecular weight is 408 g/mol. The maximum atomic E-state index is 12.6. The van der Waals surface area contributed by atoms with Gasteiger partial charge in [0.25, 0.3) is 0 Å². The SMILES string of the molecule is CCNC(=NCC1(N(C)C)CCOCC1)NCCc1nc(C(F)(F)F)cs1. The molecular weight excluding hydrogens is 379 g/mol. The highest BCUT2D eigenvalue weighted by Gasteiger charge is 2.35. The zero-order chi connectivity index (χ0) is 19.9. The third-order valence-electron chi connectivity index (χ3n) is 4.72. The number of guanidine groups is 1. The van der Waals surface area contributed by atoms with Gasteiger partial charge in [-0.05, 0) is 33.9 Å². The van der Waals surface area contributed by atoms with Crippen molar-refractivity contribution in [1.29, 1.82) is 0 Å². The molecule has 0 unspecified atom stereocenters. The summed E-state index contributed by atoms with van der Waals surface area (Å²) in [6.07, 6.45) is -2.13. The van der Waals surface area contributed by atoms with Crippen LogP contribution in [0.3, 0.4) is 0 Å². The van der Waals surface area contributed by atoms with E-state index in [2.05, 4.69) is 34.6 Å². The zero-order valence-electron chi connectivity index (χ0n) is 16.0. The molecule has 0 bridgehead atoms. The first-order chi connectivity index (χ1) is 12.8. The summed E-state index contributed by atoms with van der Waals surface area (Å²) >= 11 is 1.03. The summed E-state index contributed by atoms with van der Waals surface area (Å²) in [6, 6.07) is 0. The number of aromatic nitrogens is 1. The van der Waals surface area contributed by atoms with Crippen molar-refractivity contribution < 1.29 is 17.9 Å². The first-order valence-electron chi connectivity index (χ1n) is 9.06. The largest absolute Gasteiger partial charge is 0.434 e. The molecule has 6 nitrogen and oxygen atoms in total. The summed E-state index contributed by atoms with van der Waals surface area (Å²) in [5.74, 6) is 0.665. The maximum Gasteiger partial charge on any atom is 0.434 e. The van der Waals surface area contributed by atoms with E-state index >= 15 is 0 Å². The van der Waals surface area contributed by atoms with Crippen LogP contribution in [0.5, 0.6) is 0 Å². The second-order valence-corrected chi connectivity index (χ2v) is 7.67. The van der Waals surface area contributed by atoms with E-state index in [0.29, 0.717) is 37.0 Å². The van der Waals surface area contributed by atoms with E-state index in [0.717, 1.165) is 42.8 Å². The number of nitrogens with one attached hydrogen (secondary N) is 2. The number of halogens is 3. The lowest BCUT2D eigenvalue weighted by Gasteiger charge is -2.41. The molecular formula is C17H28F3N5OS. The van der Waals surface area contributed by atoms with E-state index in [4.69, 9.17) is 9.73 Å². The smallest absolute Gasteiger partial charge is 0.381 e. The zero-order valence-corrected chi connectivity index (χ0v) is 16.8. The molecule has 1 aliphatic heterocycles. The highest BCUT2D eigenvalue weighted by atomic mass is 32.1. The van der Waals surface area contributed by atoms with Gasteiger partial charge in [-0.15, -0.1) is 11.3 Å². The normalized spacial score (nSPS) is 18.0. The Morgan fingerprint density at radius 1 is 1.33 bits per heavy atom. The van der Waals surface area contributed by atoms with Gasteiger partial charge in [-0.3, -0.25) is 4.99 Å². The van der Waals surface area contributed by atoms with Crippen LogP contribution in [0.15, 0.2) is 10.4 Å². The van der Waals surface area contributed by atoms with Crippen molar-refractivity contribution in [3.8, 4) is 0 Å². The Morgan fingerprint density at radius 3 is 2.59 bits per heavy atom. The summed E-state index contributed by atoms with van der Waals surface area (Å²) in [4.78, 5) is 10.6. The number of ether oxygens (including phenoxy) is 1. The fraction of sp³-hybridized carbons (Fsp3) is 0.765. The molecule has 1 aromatic rings. The third kappa shape index (κ3) is 6.32. The van der Waals surface area contributed by atoms with E-state index in [1.807, 2.05) is 6.92 Å². The molecule has 0 spiro atoms. The summed E-state index contributed by atoms with van der Waals surface area (Å²) < 4.78 is 43.3. The van der Waals surface area contributed by atoms with Crippen LogP contribution in [0.25, 0.3) is 0 Å². The monoisotopic (exact) mass is 407 g/mol. The van der Waals surface area contributed by atoms with Crippen LogP contribution in [0.2, 0.25) is 0 Å². The van der Waals surface area contributed by atoms with Crippen molar-refractivity contribution in [2.24, 2.45) is 4.99 Å². The second-order valence-electron chi connectivity index (χ2n) is 6.73. The molecule has 2 rings (SSSR count). The van der Waals surface area contributed by atoms with E-state index < -0.39 is 11.9 Å². The van der Waals surface area contributed by atoms with Gasteiger partial charge in [-0.1, -0.05) is 0 Å². The van der Waals surface area contributed by atoms with Crippen LogP contribution in [0.4, 0.5) is 13.2 Å². The lowest BCUT2D eigenvalue weighted by molar-refractivity contribution is -0.140. The van der Waals surface area contributed by atoms with Gasteiger partial charge in [0.15, 0.2) is 11.7 Å². The van der Waals surface area contributed by atoms with Gasteiger partial charge in [0, 0.05) is 43.6 Å². The first kappa shape index (κ1) is 21.9. The van der Waals surface area contributed by atoms with E-state index in [9.17, 15) is 13.2 Å². The lowest BCUT2D eigenvalue weighted by Crippen LogP contribution is -2.51. The van der Waals surface area contributed by atoms with Crippen molar-refractivity contribution in [2.45, 2.75) is 37.9 Å². The summed E-state index contributed by atoms with van der Waals surface area (Å²) in [7, 11) is 4.11. The van der Waals surface area contributed by atoms with Crippen LogP contribution in [0.1, 0.15) is 30.5 Å². The van der Waals surface area contributed by atoms with Crippen molar-refractivity contribution in [1.82, 2.24) is 20.5 Å². The minimum atomic E-state index is -4.39. The van der Waals surface area contributed by atoms with Crippen LogP contribution in [0, 0.1) is 0 Å². The molecule has 0 amide bonds. The molecule has 27 heavy (non-hydrogen) atoms. The predicted octanol–water partition coefficient (Wildman–Crippen LogP) is 2.37. The Bertz CT molecular complexity index is 612. The first-order valence-corrected chi connectivity index (χ1v) is 9.94. The van der Waals surface area contributed by atoms with Gasteiger partial charge in [-0.25, -0.2) is 4.98 Å². The van der Waals surface area contributed by atoms with Gasteiger partial charge >= 0.3 is 6.18 Å². The Hall–Kier alpha value is -1.39.